The van der Waals surface area contributed by atoms with Crippen LogP contribution < -0.4 is 5.32 Å². The van der Waals surface area contributed by atoms with Crippen LogP contribution in [0.15, 0.2) is 29.2 Å². The van der Waals surface area contributed by atoms with Crippen molar-refractivity contribution >= 4 is 22.3 Å². The molecule has 2 amide bonds. The summed E-state index contributed by atoms with van der Waals surface area (Å²) in [5.74, 6) is -0.286. The minimum Gasteiger partial charge on any atom is -0.352 e. The van der Waals surface area contributed by atoms with Crippen LogP contribution in [-0.2, 0) is 14.8 Å². The Kier molecular flexibility index (Phi) is 7.13. The van der Waals surface area contributed by atoms with E-state index in [0.717, 1.165) is 19.4 Å². The average molecular weight is 382 g/mol. The molecule has 0 spiro atoms. The molecule has 0 bridgehead atoms. The molecule has 0 aromatic heterocycles. The van der Waals surface area contributed by atoms with Gasteiger partial charge < -0.3 is 15.1 Å². The van der Waals surface area contributed by atoms with E-state index in [0.29, 0.717) is 25.2 Å². The van der Waals surface area contributed by atoms with Gasteiger partial charge in [0.2, 0.25) is 16.4 Å². The van der Waals surface area contributed by atoms with Gasteiger partial charge in [-0.15, -0.1) is 0 Å². The number of carbonyl (C=O) groups is 2. The molecule has 8 nitrogen and oxygen atoms in total. The summed E-state index contributed by atoms with van der Waals surface area (Å²) in [7, 11) is 0.245. The van der Waals surface area contributed by atoms with Gasteiger partial charge in [-0.25, -0.2) is 8.42 Å². The molecule has 26 heavy (non-hydrogen) atoms. The molecule has 1 N–H and O–H groups in total. The second kappa shape index (κ2) is 9.11. The van der Waals surface area contributed by atoms with E-state index < -0.39 is 10.0 Å². The summed E-state index contributed by atoms with van der Waals surface area (Å²) in [6, 6.07) is 6.07. The third-order valence-corrected chi connectivity index (χ3v) is 6.12. The predicted molar refractivity (Wildman–Crippen MR) is 98.3 cm³/mol. The van der Waals surface area contributed by atoms with E-state index >= 15 is 0 Å². The first kappa shape index (κ1) is 20.3. The molecule has 1 aliphatic heterocycles. The molecule has 0 radical (unpaired) electrons. The molecule has 2 rings (SSSR count). The van der Waals surface area contributed by atoms with Crippen molar-refractivity contribution in [1.29, 1.82) is 0 Å². The number of hydrogen-bond acceptors (Lipinski definition) is 5. The van der Waals surface area contributed by atoms with Crippen LogP contribution >= 0.6 is 0 Å². The summed E-state index contributed by atoms with van der Waals surface area (Å²) in [6.07, 6.45) is 1.54. The minimum atomic E-state index is -3.68. The van der Waals surface area contributed by atoms with Crippen molar-refractivity contribution in [1.82, 2.24) is 19.4 Å². The standard InChI is InChI=1S/C17H26N4O4S/c1-19(2)8-4-7-18-17(23)15-5-3-6-16(13-15)26(24,25)21-11-9-20(14-22)10-12-21/h3,5-6,13-14H,4,7-12H2,1-2H3,(H,18,23). The summed E-state index contributed by atoms with van der Waals surface area (Å²) in [5.41, 5.74) is 0.322. The van der Waals surface area contributed by atoms with Crippen molar-refractivity contribution in [2.24, 2.45) is 0 Å². The molecule has 0 aliphatic carbocycles. The molecule has 0 saturated carbocycles. The molecule has 144 valence electrons. The van der Waals surface area contributed by atoms with Crippen molar-refractivity contribution < 1.29 is 18.0 Å². The van der Waals surface area contributed by atoms with Gasteiger partial charge in [0, 0.05) is 38.3 Å². The van der Waals surface area contributed by atoms with Crippen LogP contribution in [0.4, 0.5) is 0 Å². The van der Waals surface area contributed by atoms with Crippen molar-refractivity contribution in [2.75, 3.05) is 53.4 Å². The Morgan fingerprint density at radius 2 is 1.92 bits per heavy atom. The zero-order chi connectivity index (χ0) is 19.2. The zero-order valence-corrected chi connectivity index (χ0v) is 16.0. The van der Waals surface area contributed by atoms with E-state index in [4.69, 9.17) is 0 Å². The summed E-state index contributed by atoms with van der Waals surface area (Å²) in [6.45, 7) is 2.64. The van der Waals surface area contributed by atoms with Gasteiger partial charge >= 0.3 is 0 Å². The van der Waals surface area contributed by atoms with Gasteiger partial charge in [0.25, 0.3) is 5.91 Å². The summed E-state index contributed by atoms with van der Waals surface area (Å²) in [5, 5.41) is 2.81. The monoisotopic (exact) mass is 382 g/mol. The smallest absolute Gasteiger partial charge is 0.251 e. The van der Waals surface area contributed by atoms with Crippen LogP contribution in [0, 0.1) is 0 Å². The van der Waals surface area contributed by atoms with Crippen molar-refractivity contribution in [2.45, 2.75) is 11.3 Å². The Morgan fingerprint density at radius 3 is 2.54 bits per heavy atom. The highest BCUT2D eigenvalue weighted by atomic mass is 32.2. The van der Waals surface area contributed by atoms with E-state index in [-0.39, 0.29) is 23.9 Å². The Hall–Kier alpha value is -1.97. The third kappa shape index (κ3) is 5.26. The molecule has 1 saturated heterocycles. The lowest BCUT2D eigenvalue weighted by atomic mass is 10.2. The largest absolute Gasteiger partial charge is 0.352 e. The Labute approximate surface area is 154 Å². The lowest BCUT2D eigenvalue weighted by Crippen LogP contribution is -2.48. The average Bonchev–Trinajstić information content (AvgIpc) is 2.65. The van der Waals surface area contributed by atoms with E-state index in [9.17, 15) is 18.0 Å². The lowest BCUT2D eigenvalue weighted by Gasteiger charge is -2.31. The maximum atomic E-state index is 12.8. The highest BCUT2D eigenvalue weighted by molar-refractivity contribution is 7.89. The Balaban J connectivity index is 2.03. The van der Waals surface area contributed by atoms with Gasteiger partial charge in [0.15, 0.2) is 0 Å². The highest BCUT2D eigenvalue weighted by Crippen LogP contribution is 2.18. The number of benzene rings is 1. The first-order chi connectivity index (χ1) is 12.3. The number of nitrogens with zero attached hydrogens (tertiary/aromatic N) is 3. The fraction of sp³-hybridized carbons (Fsp3) is 0.529. The van der Waals surface area contributed by atoms with E-state index in [1.165, 1.54) is 16.4 Å². The second-order valence-corrected chi connectivity index (χ2v) is 8.42. The SMILES string of the molecule is CN(C)CCCNC(=O)c1cccc(S(=O)(=O)N2CCN(C=O)CC2)c1. The number of carbonyl (C=O) groups excluding carboxylic acids is 2. The quantitative estimate of drug-likeness (QED) is 0.498. The molecule has 1 heterocycles. The zero-order valence-electron chi connectivity index (χ0n) is 15.2. The van der Waals surface area contributed by atoms with Crippen LogP contribution in [-0.4, -0.2) is 88.2 Å². The topological polar surface area (TPSA) is 90.0 Å². The molecule has 1 aliphatic rings. The minimum absolute atomic E-state index is 0.0954. The molecule has 1 fully saturated rings. The molecular formula is C17H26N4O4S. The normalized spacial score (nSPS) is 15.9. The summed E-state index contributed by atoms with van der Waals surface area (Å²) < 4.78 is 26.9. The molecule has 0 unspecified atom stereocenters. The van der Waals surface area contributed by atoms with Gasteiger partial charge in [0.1, 0.15) is 0 Å². The number of amides is 2. The molecule has 9 heteroatoms. The predicted octanol–water partition coefficient (Wildman–Crippen LogP) is -0.169. The first-order valence-corrected chi connectivity index (χ1v) is 10.0. The molecule has 1 aromatic carbocycles. The highest BCUT2D eigenvalue weighted by Gasteiger charge is 2.28. The number of nitrogens with one attached hydrogen (secondary N) is 1. The van der Waals surface area contributed by atoms with Gasteiger partial charge in [-0.05, 0) is 45.3 Å². The van der Waals surface area contributed by atoms with Gasteiger partial charge in [-0.1, -0.05) is 6.07 Å². The fourth-order valence-corrected chi connectivity index (χ4v) is 4.16. The summed E-state index contributed by atoms with van der Waals surface area (Å²) >= 11 is 0. The fourth-order valence-electron chi connectivity index (χ4n) is 2.70. The first-order valence-electron chi connectivity index (χ1n) is 8.57. The molecule has 0 atom stereocenters. The summed E-state index contributed by atoms with van der Waals surface area (Å²) in [4.78, 5) is 26.7. The van der Waals surface area contributed by atoms with E-state index in [2.05, 4.69) is 5.32 Å². The molecular weight excluding hydrogens is 356 g/mol. The third-order valence-electron chi connectivity index (χ3n) is 4.22. The van der Waals surface area contributed by atoms with Crippen molar-refractivity contribution in [3.63, 3.8) is 0 Å². The van der Waals surface area contributed by atoms with Gasteiger partial charge in [-0.3, -0.25) is 9.59 Å². The van der Waals surface area contributed by atoms with Crippen LogP contribution in [0.2, 0.25) is 0 Å². The van der Waals surface area contributed by atoms with Crippen molar-refractivity contribution in [3.05, 3.63) is 29.8 Å². The Bertz CT molecular complexity index is 728. The van der Waals surface area contributed by atoms with Gasteiger partial charge in [-0.2, -0.15) is 4.31 Å². The maximum Gasteiger partial charge on any atom is 0.251 e. The lowest BCUT2D eigenvalue weighted by molar-refractivity contribution is -0.119. The van der Waals surface area contributed by atoms with Gasteiger partial charge in [0.05, 0.1) is 4.90 Å². The second-order valence-electron chi connectivity index (χ2n) is 6.49. The van der Waals surface area contributed by atoms with Crippen LogP contribution in [0.25, 0.3) is 0 Å². The maximum absolute atomic E-state index is 12.8. The van der Waals surface area contributed by atoms with Crippen LogP contribution in [0.1, 0.15) is 16.8 Å². The van der Waals surface area contributed by atoms with E-state index in [1.54, 1.807) is 17.0 Å². The number of piperazine rings is 1. The Morgan fingerprint density at radius 1 is 1.23 bits per heavy atom. The van der Waals surface area contributed by atoms with Crippen LogP contribution in [0.5, 0.6) is 0 Å². The van der Waals surface area contributed by atoms with Crippen molar-refractivity contribution in [3.8, 4) is 0 Å². The number of sulfonamides is 1. The van der Waals surface area contributed by atoms with Crippen LogP contribution in [0.3, 0.4) is 0 Å². The van der Waals surface area contributed by atoms with E-state index in [1.807, 2.05) is 19.0 Å². The number of hydrogen-bond donors (Lipinski definition) is 1. The molecule has 1 aromatic rings. The number of rotatable bonds is 8.